The van der Waals surface area contributed by atoms with E-state index in [1.807, 2.05) is 6.07 Å². The van der Waals surface area contributed by atoms with Gasteiger partial charge < -0.3 is 9.47 Å². The number of esters is 1. The lowest BCUT2D eigenvalue weighted by atomic mass is 10.2. The molecule has 0 amide bonds. The van der Waals surface area contributed by atoms with Crippen LogP contribution in [0, 0.1) is 10.1 Å². The van der Waals surface area contributed by atoms with Gasteiger partial charge in [-0.2, -0.15) is 0 Å². The molecule has 3 aromatic rings. The highest BCUT2D eigenvalue weighted by Gasteiger charge is 2.17. The first-order valence-corrected chi connectivity index (χ1v) is 8.38. The molecule has 0 N–H and O–H groups in total. The van der Waals surface area contributed by atoms with Crippen LogP contribution in [0.5, 0.6) is 17.2 Å². The highest BCUT2D eigenvalue weighted by atomic mass is 35.5. The van der Waals surface area contributed by atoms with Crippen LogP contribution in [0.3, 0.4) is 0 Å². The quantitative estimate of drug-likeness (QED) is 0.229. The lowest BCUT2D eigenvalue weighted by molar-refractivity contribution is -0.384. The fourth-order valence-corrected chi connectivity index (χ4v) is 2.76. The Labute approximate surface area is 164 Å². The molecule has 6 nitrogen and oxygen atoms in total. The molecule has 0 aliphatic rings. The van der Waals surface area contributed by atoms with Crippen molar-refractivity contribution >= 4 is 34.9 Å². The van der Waals surface area contributed by atoms with Crippen molar-refractivity contribution in [3.05, 3.63) is 92.5 Å². The van der Waals surface area contributed by atoms with Crippen LogP contribution in [-0.2, 0) is 0 Å². The molecule has 27 heavy (non-hydrogen) atoms. The summed E-state index contributed by atoms with van der Waals surface area (Å²) in [5.74, 6) is 0.176. The predicted octanol–water partition coefficient (Wildman–Crippen LogP) is 5.91. The SMILES string of the molecule is O=C(Oc1ccccc1)c1cccc(Oc2c(Cl)cc([N+](=O)[O-])cc2Cl)c1. The zero-order chi connectivity index (χ0) is 19.4. The molecular weight excluding hydrogens is 393 g/mol. The number of hydrogen-bond acceptors (Lipinski definition) is 5. The molecule has 136 valence electrons. The van der Waals surface area contributed by atoms with E-state index >= 15 is 0 Å². The third kappa shape index (κ3) is 4.55. The zero-order valence-electron chi connectivity index (χ0n) is 13.6. The summed E-state index contributed by atoms with van der Waals surface area (Å²) in [7, 11) is 0. The number of carbonyl (C=O) groups is 1. The molecule has 0 spiro atoms. The van der Waals surface area contributed by atoms with E-state index < -0.39 is 10.9 Å². The first-order chi connectivity index (χ1) is 12.9. The van der Waals surface area contributed by atoms with Crippen molar-refractivity contribution in [1.29, 1.82) is 0 Å². The van der Waals surface area contributed by atoms with Crippen molar-refractivity contribution in [2.24, 2.45) is 0 Å². The van der Waals surface area contributed by atoms with Crippen LogP contribution in [0.1, 0.15) is 10.4 Å². The molecule has 0 aromatic heterocycles. The maximum absolute atomic E-state index is 12.3. The number of non-ortho nitro benzene ring substituents is 1. The summed E-state index contributed by atoms with van der Waals surface area (Å²) in [5, 5.41) is 10.8. The number of benzene rings is 3. The number of rotatable bonds is 5. The van der Waals surface area contributed by atoms with Crippen LogP contribution < -0.4 is 9.47 Å². The number of para-hydroxylation sites is 1. The fraction of sp³-hybridized carbons (Fsp3) is 0. The Morgan fingerprint density at radius 3 is 2.15 bits per heavy atom. The molecule has 0 fully saturated rings. The molecular formula is C19H11Cl2NO5. The smallest absolute Gasteiger partial charge is 0.343 e. The number of hydrogen-bond donors (Lipinski definition) is 0. The summed E-state index contributed by atoms with van der Waals surface area (Å²) in [6, 6.07) is 17.1. The maximum atomic E-state index is 12.3. The van der Waals surface area contributed by atoms with Crippen LogP contribution in [-0.4, -0.2) is 10.9 Å². The summed E-state index contributed by atoms with van der Waals surface area (Å²) < 4.78 is 10.9. The zero-order valence-corrected chi connectivity index (χ0v) is 15.1. The van der Waals surface area contributed by atoms with Gasteiger partial charge in [-0.3, -0.25) is 10.1 Å². The molecule has 0 saturated heterocycles. The highest BCUT2D eigenvalue weighted by Crippen LogP contribution is 2.39. The van der Waals surface area contributed by atoms with Crippen LogP contribution in [0.25, 0.3) is 0 Å². The van der Waals surface area contributed by atoms with Gasteiger partial charge >= 0.3 is 5.97 Å². The van der Waals surface area contributed by atoms with E-state index in [1.54, 1.807) is 42.5 Å². The van der Waals surface area contributed by atoms with E-state index in [1.165, 1.54) is 6.07 Å². The van der Waals surface area contributed by atoms with Crippen LogP contribution in [0.4, 0.5) is 5.69 Å². The molecule has 0 radical (unpaired) electrons. The lowest BCUT2D eigenvalue weighted by Crippen LogP contribution is -2.08. The van der Waals surface area contributed by atoms with Crippen molar-refractivity contribution in [2.45, 2.75) is 0 Å². The van der Waals surface area contributed by atoms with Crippen LogP contribution in [0.2, 0.25) is 10.0 Å². The van der Waals surface area contributed by atoms with Gasteiger partial charge in [0.1, 0.15) is 11.5 Å². The van der Waals surface area contributed by atoms with Crippen molar-refractivity contribution < 1.29 is 19.2 Å². The van der Waals surface area contributed by atoms with Gasteiger partial charge in [-0.05, 0) is 30.3 Å². The average Bonchev–Trinajstić information content (AvgIpc) is 2.65. The molecule has 0 atom stereocenters. The summed E-state index contributed by atoms with van der Waals surface area (Å²) in [5.41, 5.74) is 0.00282. The molecule has 0 aliphatic carbocycles. The Morgan fingerprint density at radius 2 is 1.52 bits per heavy atom. The number of ether oxygens (including phenoxy) is 2. The van der Waals surface area contributed by atoms with Gasteiger partial charge in [-0.15, -0.1) is 0 Å². The van der Waals surface area contributed by atoms with E-state index in [0.717, 1.165) is 12.1 Å². The summed E-state index contributed by atoms with van der Waals surface area (Å²) in [4.78, 5) is 22.5. The van der Waals surface area contributed by atoms with Crippen LogP contribution >= 0.6 is 23.2 Å². The third-order valence-electron chi connectivity index (χ3n) is 3.44. The highest BCUT2D eigenvalue weighted by molar-refractivity contribution is 6.37. The van der Waals surface area contributed by atoms with Gasteiger partial charge in [0.25, 0.3) is 5.69 Å². The number of nitrogens with zero attached hydrogens (tertiary/aromatic N) is 1. The van der Waals surface area contributed by atoms with E-state index in [9.17, 15) is 14.9 Å². The van der Waals surface area contributed by atoms with Gasteiger partial charge in [-0.1, -0.05) is 47.5 Å². The van der Waals surface area contributed by atoms with Gasteiger partial charge in [0.15, 0.2) is 5.75 Å². The monoisotopic (exact) mass is 403 g/mol. The number of carbonyl (C=O) groups excluding carboxylic acids is 1. The minimum atomic E-state index is -0.609. The molecule has 0 unspecified atom stereocenters. The minimum absolute atomic E-state index is 0.0218. The Bertz CT molecular complexity index is 985. The lowest BCUT2D eigenvalue weighted by Gasteiger charge is -2.10. The Morgan fingerprint density at radius 1 is 0.889 bits per heavy atom. The third-order valence-corrected chi connectivity index (χ3v) is 4.00. The predicted molar refractivity (Wildman–Crippen MR) is 101 cm³/mol. The summed E-state index contributed by atoms with van der Waals surface area (Å²) in [6.45, 7) is 0. The van der Waals surface area contributed by atoms with Crippen molar-refractivity contribution in [3.63, 3.8) is 0 Å². The number of nitro benzene ring substituents is 1. The largest absolute Gasteiger partial charge is 0.454 e. The van der Waals surface area contributed by atoms with E-state index in [2.05, 4.69) is 0 Å². The topological polar surface area (TPSA) is 78.7 Å². The van der Waals surface area contributed by atoms with Crippen molar-refractivity contribution in [1.82, 2.24) is 0 Å². The van der Waals surface area contributed by atoms with E-state index in [4.69, 9.17) is 32.7 Å². The normalized spacial score (nSPS) is 10.3. The second-order valence-electron chi connectivity index (χ2n) is 5.33. The Hall–Kier alpha value is -3.09. The summed E-state index contributed by atoms with van der Waals surface area (Å²) >= 11 is 12.1. The van der Waals surface area contributed by atoms with Crippen molar-refractivity contribution in [3.8, 4) is 17.2 Å². The molecule has 0 saturated carbocycles. The number of halogens is 2. The average molecular weight is 404 g/mol. The van der Waals surface area contributed by atoms with Gasteiger partial charge in [0.2, 0.25) is 0 Å². The molecule has 3 rings (SSSR count). The van der Waals surface area contributed by atoms with E-state index in [-0.39, 0.29) is 32.8 Å². The molecule has 0 heterocycles. The minimum Gasteiger partial charge on any atom is -0.454 e. The van der Waals surface area contributed by atoms with Gasteiger partial charge in [0, 0.05) is 12.1 Å². The van der Waals surface area contributed by atoms with Crippen molar-refractivity contribution in [2.75, 3.05) is 0 Å². The summed E-state index contributed by atoms with van der Waals surface area (Å²) in [6.07, 6.45) is 0. The number of nitro groups is 1. The Kier molecular flexibility index (Phi) is 5.59. The van der Waals surface area contributed by atoms with E-state index in [0.29, 0.717) is 5.75 Å². The maximum Gasteiger partial charge on any atom is 0.343 e. The Balaban J connectivity index is 1.82. The standard InChI is InChI=1S/C19H11Cl2NO5/c20-16-10-13(22(24)25)11-17(21)18(16)26-15-8-4-5-12(9-15)19(23)27-14-6-2-1-3-7-14/h1-11H. The first-order valence-electron chi connectivity index (χ1n) is 7.62. The van der Waals surface area contributed by atoms with Gasteiger partial charge in [0.05, 0.1) is 20.5 Å². The molecule has 0 aliphatic heterocycles. The molecule has 8 heteroatoms. The second-order valence-corrected chi connectivity index (χ2v) is 6.14. The first kappa shape index (κ1) is 18.7. The van der Waals surface area contributed by atoms with Crippen LogP contribution in [0.15, 0.2) is 66.7 Å². The molecule has 3 aromatic carbocycles. The second kappa shape index (κ2) is 8.07. The fourth-order valence-electron chi connectivity index (χ4n) is 2.21. The molecule has 0 bridgehead atoms. The van der Waals surface area contributed by atoms with Gasteiger partial charge in [-0.25, -0.2) is 4.79 Å².